The van der Waals surface area contributed by atoms with Crippen molar-refractivity contribution in [3.8, 4) is 10.4 Å². The Morgan fingerprint density at radius 1 is 1.21 bits per heavy atom. The van der Waals surface area contributed by atoms with Gasteiger partial charge in [-0.1, -0.05) is 41.4 Å². The molecule has 0 amide bonds. The lowest BCUT2D eigenvalue weighted by atomic mass is 10.0. The summed E-state index contributed by atoms with van der Waals surface area (Å²) >= 11 is 11.6. The lowest BCUT2D eigenvalue weighted by Gasteiger charge is -2.18. The Hall–Kier alpha value is -0.350. The van der Waals surface area contributed by atoms with Crippen molar-refractivity contribution in [3.05, 3.63) is 44.7 Å². The highest BCUT2D eigenvalue weighted by Crippen LogP contribution is 2.38. The van der Waals surface area contributed by atoms with Gasteiger partial charge in [0.1, 0.15) is 0 Å². The van der Waals surface area contributed by atoms with E-state index in [1.807, 2.05) is 19.2 Å². The number of rotatable bonds is 4. The first-order valence-electron chi connectivity index (χ1n) is 6.25. The average Bonchev–Trinajstić information content (AvgIpc) is 2.82. The van der Waals surface area contributed by atoms with E-state index in [4.69, 9.17) is 11.6 Å². The van der Waals surface area contributed by atoms with Gasteiger partial charge in [0.05, 0.1) is 0 Å². The fourth-order valence-corrected chi connectivity index (χ4v) is 4.11. The summed E-state index contributed by atoms with van der Waals surface area (Å²) in [4.78, 5) is 2.56. The van der Waals surface area contributed by atoms with Crippen molar-refractivity contribution in [1.82, 2.24) is 5.32 Å². The molecule has 1 unspecified atom stereocenters. The first kappa shape index (κ1) is 15.0. The standard InChI is InChI=1S/C15H17BrClNS/c1-9(2)15(18-3)14-7-6-13(19-14)11-8-10(16)4-5-12(11)17/h4-9,15,18H,1-3H3. The molecule has 0 saturated heterocycles. The minimum atomic E-state index is 0.393. The third kappa shape index (κ3) is 3.40. The van der Waals surface area contributed by atoms with E-state index in [1.165, 1.54) is 9.75 Å². The minimum absolute atomic E-state index is 0.393. The predicted molar refractivity (Wildman–Crippen MR) is 89.1 cm³/mol. The summed E-state index contributed by atoms with van der Waals surface area (Å²) in [7, 11) is 2.01. The normalized spacial score (nSPS) is 12.9. The SMILES string of the molecule is CNC(c1ccc(-c2cc(Br)ccc2Cl)s1)C(C)C. The maximum absolute atomic E-state index is 6.29. The van der Waals surface area contributed by atoms with Crippen molar-refractivity contribution < 1.29 is 0 Å². The van der Waals surface area contributed by atoms with E-state index >= 15 is 0 Å². The molecule has 0 fully saturated rings. The molecule has 2 aromatic rings. The molecule has 0 aliphatic carbocycles. The monoisotopic (exact) mass is 357 g/mol. The largest absolute Gasteiger partial charge is 0.312 e. The number of thiophene rings is 1. The molecule has 1 heterocycles. The molecule has 2 rings (SSSR count). The fourth-order valence-electron chi connectivity index (χ4n) is 2.16. The lowest BCUT2D eigenvalue weighted by molar-refractivity contribution is 0.449. The number of benzene rings is 1. The van der Waals surface area contributed by atoms with Gasteiger partial charge in [0.25, 0.3) is 0 Å². The van der Waals surface area contributed by atoms with Gasteiger partial charge in [-0.15, -0.1) is 11.3 Å². The zero-order valence-electron chi connectivity index (χ0n) is 11.2. The lowest BCUT2D eigenvalue weighted by Crippen LogP contribution is -2.20. The second kappa shape index (κ2) is 6.40. The molecule has 1 aromatic heterocycles. The van der Waals surface area contributed by atoms with Crippen LogP contribution in [0.25, 0.3) is 10.4 Å². The molecule has 0 bridgehead atoms. The third-order valence-electron chi connectivity index (χ3n) is 3.10. The Morgan fingerprint density at radius 3 is 2.58 bits per heavy atom. The fraction of sp³-hybridized carbons (Fsp3) is 0.333. The highest BCUT2D eigenvalue weighted by Gasteiger charge is 2.16. The van der Waals surface area contributed by atoms with E-state index in [9.17, 15) is 0 Å². The molecule has 102 valence electrons. The Morgan fingerprint density at radius 2 is 1.95 bits per heavy atom. The highest BCUT2D eigenvalue weighted by molar-refractivity contribution is 9.10. The number of nitrogens with one attached hydrogen (secondary N) is 1. The molecule has 4 heteroatoms. The Labute approximate surface area is 132 Å². The summed E-state index contributed by atoms with van der Waals surface area (Å²) in [6, 6.07) is 10.7. The van der Waals surface area contributed by atoms with Crippen molar-refractivity contribution in [2.75, 3.05) is 7.05 Å². The van der Waals surface area contributed by atoms with Gasteiger partial charge in [-0.25, -0.2) is 0 Å². The van der Waals surface area contributed by atoms with Crippen LogP contribution in [-0.2, 0) is 0 Å². The summed E-state index contributed by atoms with van der Waals surface area (Å²) in [6.07, 6.45) is 0. The van der Waals surface area contributed by atoms with E-state index in [-0.39, 0.29) is 0 Å². The summed E-state index contributed by atoms with van der Waals surface area (Å²) in [6.45, 7) is 4.46. The Balaban J connectivity index is 2.38. The second-order valence-corrected chi connectivity index (χ2v) is 7.27. The van der Waals surface area contributed by atoms with Gasteiger partial charge in [0.15, 0.2) is 0 Å². The first-order chi connectivity index (χ1) is 9.02. The number of halogens is 2. The van der Waals surface area contributed by atoms with E-state index in [1.54, 1.807) is 11.3 Å². The first-order valence-corrected chi connectivity index (χ1v) is 8.24. The molecular weight excluding hydrogens is 342 g/mol. The van der Waals surface area contributed by atoms with Crippen LogP contribution in [0.4, 0.5) is 0 Å². The topological polar surface area (TPSA) is 12.0 Å². The molecule has 0 spiro atoms. The maximum atomic E-state index is 6.29. The van der Waals surface area contributed by atoms with Crippen LogP contribution in [0.3, 0.4) is 0 Å². The Kier molecular flexibility index (Phi) is 5.07. The summed E-state index contributed by atoms with van der Waals surface area (Å²) in [5.41, 5.74) is 1.09. The summed E-state index contributed by atoms with van der Waals surface area (Å²) in [5, 5.41) is 4.17. The van der Waals surface area contributed by atoms with Gasteiger partial charge in [-0.3, -0.25) is 0 Å². The van der Waals surface area contributed by atoms with E-state index in [0.29, 0.717) is 12.0 Å². The maximum Gasteiger partial charge on any atom is 0.0493 e. The van der Waals surface area contributed by atoms with Crippen LogP contribution >= 0.6 is 38.9 Å². The second-order valence-electron chi connectivity index (χ2n) is 4.84. The van der Waals surface area contributed by atoms with E-state index in [2.05, 4.69) is 53.3 Å². The average molecular weight is 359 g/mol. The van der Waals surface area contributed by atoms with Crippen LogP contribution in [-0.4, -0.2) is 7.05 Å². The molecule has 0 radical (unpaired) electrons. The van der Waals surface area contributed by atoms with Gasteiger partial charge in [-0.05, 0) is 43.3 Å². The van der Waals surface area contributed by atoms with Crippen molar-refractivity contribution in [2.24, 2.45) is 5.92 Å². The van der Waals surface area contributed by atoms with Crippen LogP contribution < -0.4 is 5.32 Å². The van der Waals surface area contributed by atoms with Crippen molar-refractivity contribution in [2.45, 2.75) is 19.9 Å². The van der Waals surface area contributed by atoms with E-state index < -0.39 is 0 Å². The van der Waals surface area contributed by atoms with Gasteiger partial charge < -0.3 is 5.32 Å². The number of hydrogen-bond donors (Lipinski definition) is 1. The van der Waals surface area contributed by atoms with Gasteiger partial charge in [-0.2, -0.15) is 0 Å². The van der Waals surface area contributed by atoms with E-state index in [0.717, 1.165) is 15.1 Å². The minimum Gasteiger partial charge on any atom is -0.312 e. The predicted octanol–water partition coefficient (Wildman–Crippen LogP) is 5.75. The van der Waals surface area contributed by atoms with Crippen LogP contribution in [0.5, 0.6) is 0 Å². The molecule has 19 heavy (non-hydrogen) atoms. The van der Waals surface area contributed by atoms with Gasteiger partial charge in [0, 0.05) is 30.9 Å². The quantitative estimate of drug-likeness (QED) is 0.734. The van der Waals surface area contributed by atoms with Gasteiger partial charge >= 0.3 is 0 Å². The van der Waals surface area contributed by atoms with Crippen LogP contribution in [0.2, 0.25) is 5.02 Å². The smallest absolute Gasteiger partial charge is 0.0493 e. The zero-order chi connectivity index (χ0) is 14.0. The summed E-state index contributed by atoms with van der Waals surface area (Å²) in [5.74, 6) is 0.564. The molecule has 1 nitrogen and oxygen atoms in total. The van der Waals surface area contributed by atoms with Crippen LogP contribution in [0, 0.1) is 5.92 Å². The molecule has 0 aliphatic rings. The van der Waals surface area contributed by atoms with Crippen molar-refractivity contribution in [3.63, 3.8) is 0 Å². The molecule has 0 saturated carbocycles. The van der Waals surface area contributed by atoms with Crippen molar-refractivity contribution in [1.29, 1.82) is 0 Å². The number of hydrogen-bond acceptors (Lipinski definition) is 2. The molecule has 1 N–H and O–H groups in total. The van der Waals surface area contributed by atoms with Gasteiger partial charge in [0.2, 0.25) is 0 Å². The van der Waals surface area contributed by atoms with Crippen LogP contribution in [0.15, 0.2) is 34.8 Å². The third-order valence-corrected chi connectivity index (χ3v) is 5.13. The summed E-state index contributed by atoms with van der Waals surface area (Å²) < 4.78 is 1.05. The van der Waals surface area contributed by atoms with Crippen LogP contribution in [0.1, 0.15) is 24.8 Å². The van der Waals surface area contributed by atoms with Crippen molar-refractivity contribution >= 4 is 38.9 Å². The molecule has 1 atom stereocenters. The zero-order valence-corrected chi connectivity index (χ0v) is 14.4. The Bertz CT molecular complexity index is 565. The molecular formula is C15H17BrClNS. The highest BCUT2D eigenvalue weighted by atomic mass is 79.9. The molecule has 0 aliphatic heterocycles. The molecule has 1 aromatic carbocycles.